The maximum atomic E-state index is 2.54. The van der Waals surface area contributed by atoms with Gasteiger partial charge < -0.3 is 9.47 Å². The van der Waals surface area contributed by atoms with Gasteiger partial charge in [-0.25, -0.2) is 0 Å². The Morgan fingerprint density at radius 3 is 1.65 bits per heavy atom. The molecule has 0 spiro atoms. The topological polar surface area (TPSA) is 8.17 Å². The number of aromatic nitrogens is 1. The van der Waals surface area contributed by atoms with Crippen molar-refractivity contribution in [1.82, 2.24) is 4.57 Å². The molecule has 0 amide bonds. The number of para-hydroxylation sites is 4. The monoisotopic (exact) mass is 696 g/mol. The third kappa shape index (κ3) is 5.15. The molecule has 6 fully saturated rings. The molecule has 14 rings (SSSR count). The Hall–Kier alpha value is -5.86. The van der Waals surface area contributed by atoms with Gasteiger partial charge in [0.2, 0.25) is 0 Å². The van der Waals surface area contributed by atoms with E-state index >= 15 is 0 Å². The summed E-state index contributed by atoms with van der Waals surface area (Å²) in [6.45, 7) is 0. The van der Waals surface area contributed by atoms with Crippen molar-refractivity contribution in [3.05, 3.63) is 181 Å². The summed E-state index contributed by atoms with van der Waals surface area (Å²) < 4.78 is 2.44. The van der Waals surface area contributed by atoms with Crippen LogP contribution in [0.1, 0.15) is 44.1 Å². The van der Waals surface area contributed by atoms with Gasteiger partial charge in [-0.1, -0.05) is 127 Å². The quantitative estimate of drug-likeness (QED) is 0.161. The minimum absolute atomic E-state index is 0.279. The van der Waals surface area contributed by atoms with Crippen LogP contribution in [0.15, 0.2) is 176 Å². The Bertz CT molecular complexity index is 2570. The first-order chi connectivity index (χ1) is 26.7. The van der Waals surface area contributed by atoms with Crippen molar-refractivity contribution in [2.24, 2.45) is 17.8 Å². The molecule has 0 radical (unpaired) electrons. The Balaban J connectivity index is 1.03. The average Bonchev–Trinajstić information content (AvgIpc) is 3.52. The van der Waals surface area contributed by atoms with Gasteiger partial charge >= 0.3 is 0 Å². The molecule has 7 aromatic carbocycles. The summed E-state index contributed by atoms with van der Waals surface area (Å²) in [4.78, 5) is 2.54. The van der Waals surface area contributed by atoms with Crippen LogP contribution in [0.2, 0.25) is 0 Å². The zero-order chi connectivity index (χ0) is 35.6. The zero-order valence-corrected chi connectivity index (χ0v) is 30.6. The number of hydrogen-bond acceptors (Lipinski definition) is 1. The molecule has 0 aliphatic heterocycles. The van der Waals surface area contributed by atoms with Crippen molar-refractivity contribution in [1.29, 1.82) is 0 Å². The van der Waals surface area contributed by atoms with Gasteiger partial charge in [-0.15, -0.1) is 0 Å². The molecular formula is C52H44N2. The molecule has 8 aromatic rings. The minimum Gasteiger partial charge on any atom is -0.310 e. The van der Waals surface area contributed by atoms with Gasteiger partial charge in [-0.05, 0) is 132 Å². The molecule has 1 aromatic heterocycles. The van der Waals surface area contributed by atoms with Gasteiger partial charge in [0.05, 0.1) is 16.7 Å². The van der Waals surface area contributed by atoms with E-state index in [1.165, 1.54) is 105 Å². The van der Waals surface area contributed by atoms with Crippen molar-refractivity contribution < 1.29 is 0 Å². The summed E-state index contributed by atoms with van der Waals surface area (Å²) in [5.74, 6) is 2.76. The molecule has 6 aliphatic rings. The van der Waals surface area contributed by atoms with Crippen LogP contribution in [0.5, 0.6) is 0 Å². The Morgan fingerprint density at radius 1 is 0.426 bits per heavy atom. The molecule has 1 heterocycles. The Labute approximate surface area is 318 Å². The fraction of sp³-hybridized carbons (Fsp3) is 0.192. The summed E-state index contributed by atoms with van der Waals surface area (Å²) in [6.07, 6.45) is 8.37. The highest BCUT2D eigenvalue weighted by molar-refractivity contribution is 6.09. The Kier molecular flexibility index (Phi) is 7.40. The number of benzene rings is 7. The standard InChI is InChI=1S/C52H44N2/c1-2-12-39(13-3-1)40-22-26-42(27-23-40)53(51-21-11-7-17-47(51)52-33-37-30-36(31-37)32-38(34-52)35-52)43-28-24-41(25-29-43)44-14-4-8-18-48(44)54-49-19-9-5-15-45(49)46-16-6-10-20-50(46)54/h1-29,36-38H,30-35H2/t36-,37+,38?,52-. The van der Waals surface area contributed by atoms with Gasteiger partial charge in [0.1, 0.15) is 0 Å². The van der Waals surface area contributed by atoms with E-state index in [-0.39, 0.29) is 5.41 Å². The molecular weight excluding hydrogens is 653 g/mol. The van der Waals surface area contributed by atoms with Crippen LogP contribution in [0.4, 0.5) is 17.1 Å². The van der Waals surface area contributed by atoms with Crippen LogP contribution in [0.3, 0.4) is 0 Å². The number of rotatable bonds is 7. The molecule has 54 heavy (non-hydrogen) atoms. The van der Waals surface area contributed by atoms with E-state index < -0.39 is 0 Å². The maximum Gasteiger partial charge on any atom is 0.0541 e. The van der Waals surface area contributed by atoms with Crippen LogP contribution in [-0.4, -0.2) is 4.57 Å². The van der Waals surface area contributed by atoms with Crippen molar-refractivity contribution in [3.63, 3.8) is 0 Å². The van der Waals surface area contributed by atoms with Crippen LogP contribution in [0.25, 0.3) is 49.7 Å². The fourth-order valence-electron chi connectivity index (χ4n) is 10.8. The van der Waals surface area contributed by atoms with Gasteiger partial charge in [-0.3, -0.25) is 0 Å². The molecule has 2 heteroatoms. The van der Waals surface area contributed by atoms with E-state index in [0.717, 1.165) is 17.8 Å². The number of fused-ring (bicyclic) bond motifs is 3. The molecule has 0 N–H and O–H groups in total. The highest BCUT2D eigenvalue weighted by Gasteiger charge is 2.53. The molecule has 2 nitrogen and oxygen atoms in total. The largest absolute Gasteiger partial charge is 0.310 e. The molecule has 262 valence electrons. The fourth-order valence-corrected chi connectivity index (χ4v) is 10.8. The summed E-state index contributed by atoms with van der Waals surface area (Å²) in [5.41, 5.74) is 14.1. The summed E-state index contributed by atoms with van der Waals surface area (Å²) in [5, 5.41) is 2.56. The third-order valence-electron chi connectivity index (χ3n) is 13.1. The minimum atomic E-state index is 0.279. The van der Waals surface area contributed by atoms with E-state index in [9.17, 15) is 0 Å². The normalized spacial score (nSPS) is 21.5. The molecule has 6 saturated carbocycles. The molecule has 0 atom stereocenters. The van der Waals surface area contributed by atoms with Gasteiger partial charge in [-0.2, -0.15) is 0 Å². The lowest BCUT2D eigenvalue weighted by Crippen LogP contribution is -2.49. The first-order valence-corrected chi connectivity index (χ1v) is 19.9. The SMILES string of the molecule is c1ccc(-c2ccc(N(c3ccc(-c4ccccc4-n4c5ccccc5c5ccccc54)cc3)c3ccccc3[C@]34CC(C[C@H]5C[C@H](C5)C3)C4)cc2)cc1. The van der Waals surface area contributed by atoms with Crippen molar-refractivity contribution in [3.8, 4) is 27.9 Å². The number of nitrogens with zero attached hydrogens (tertiary/aromatic N) is 2. The highest BCUT2D eigenvalue weighted by Crippen LogP contribution is 2.62. The number of anilines is 3. The predicted octanol–water partition coefficient (Wildman–Crippen LogP) is 14.1. The van der Waals surface area contributed by atoms with Crippen LogP contribution < -0.4 is 4.90 Å². The number of hydrogen-bond donors (Lipinski definition) is 0. The van der Waals surface area contributed by atoms with Crippen LogP contribution >= 0.6 is 0 Å². The average molecular weight is 697 g/mol. The van der Waals surface area contributed by atoms with Crippen molar-refractivity contribution in [2.45, 2.75) is 43.9 Å². The highest BCUT2D eigenvalue weighted by atomic mass is 15.1. The maximum absolute atomic E-state index is 2.54. The van der Waals surface area contributed by atoms with E-state index in [0.29, 0.717) is 0 Å². The van der Waals surface area contributed by atoms with E-state index in [2.05, 4.69) is 185 Å². The van der Waals surface area contributed by atoms with Crippen LogP contribution in [-0.2, 0) is 5.41 Å². The van der Waals surface area contributed by atoms with Crippen molar-refractivity contribution >= 4 is 38.9 Å². The van der Waals surface area contributed by atoms with E-state index in [1.54, 1.807) is 5.56 Å². The zero-order valence-electron chi connectivity index (χ0n) is 30.6. The molecule has 4 bridgehead atoms. The summed E-state index contributed by atoms with van der Waals surface area (Å²) in [7, 11) is 0. The first kappa shape index (κ1) is 31.6. The van der Waals surface area contributed by atoms with Crippen LogP contribution in [0, 0.1) is 17.8 Å². The van der Waals surface area contributed by atoms with Gasteiger partial charge in [0.15, 0.2) is 0 Å². The third-order valence-corrected chi connectivity index (χ3v) is 13.1. The lowest BCUT2D eigenvalue weighted by Gasteiger charge is -2.58. The smallest absolute Gasteiger partial charge is 0.0541 e. The van der Waals surface area contributed by atoms with Crippen molar-refractivity contribution in [2.75, 3.05) is 4.90 Å². The molecule has 0 unspecified atom stereocenters. The second-order valence-electron chi connectivity index (χ2n) is 16.4. The summed E-state index contributed by atoms with van der Waals surface area (Å²) in [6, 6.07) is 65.1. The van der Waals surface area contributed by atoms with Gasteiger partial charge in [0.25, 0.3) is 0 Å². The predicted molar refractivity (Wildman–Crippen MR) is 226 cm³/mol. The summed E-state index contributed by atoms with van der Waals surface area (Å²) >= 11 is 0. The Morgan fingerprint density at radius 2 is 0.944 bits per heavy atom. The first-order valence-electron chi connectivity index (χ1n) is 19.9. The molecule has 0 saturated heterocycles. The second kappa shape index (κ2) is 12.6. The lowest BCUT2D eigenvalue weighted by molar-refractivity contribution is -0.00536. The second-order valence-corrected chi connectivity index (χ2v) is 16.4. The lowest BCUT2D eigenvalue weighted by atomic mass is 9.47. The van der Waals surface area contributed by atoms with E-state index in [1.807, 2.05) is 0 Å². The van der Waals surface area contributed by atoms with E-state index in [4.69, 9.17) is 0 Å². The molecule has 6 aliphatic carbocycles. The van der Waals surface area contributed by atoms with Gasteiger partial charge in [0, 0.05) is 33.4 Å².